The molecule has 0 bridgehead atoms. The molecule has 2 aromatic rings. The smallest absolute Gasteiger partial charge is 0.159 e. The fraction of sp³-hybridized carbons (Fsp3) is 0.200. The molecule has 0 spiro atoms. The minimum Gasteiger partial charge on any atom is -0.204 e. The van der Waals surface area contributed by atoms with Gasteiger partial charge < -0.3 is 0 Å². The first-order chi connectivity index (χ1) is 10.7. The highest BCUT2D eigenvalue weighted by atomic mass is 19.2. The molecule has 22 heavy (non-hydrogen) atoms. The van der Waals surface area contributed by atoms with Crippen LogP contribution in [0.1, 0.15) is 35.6 Å². The van der Waals surface area contributed by atoms with Crippen molar-refractivity contribution in [3.63, 3.8) is 0 Å². The summed E-state index contributed by atoms with van der Waals surface area (Å²) in [7, 11) is 0. The molecule has 2 aromatic carbocycles. The van der Waals surface area contributed by atoms with Crippen LogP contribution in [-0.2, 0) is 12.8 Å². The van der Waals surface area contributed by atoms with Crippen molar-refractivity contribution in [1.29, 1.82) is 0 Å². The van der Waals surface area contributed by atoms with E-state index < -0.39 is 11.6 Å². The maximum absolute atomic E-state index is 13.2. The summed E-state index contributed by atoms with van der Waals surface area (Å²) in [6, 6.07) is 11.1. The molecular formula is C20H18F2. The Labute approximate surface area is 129 Å². The lowest BCUT2D eigenvalue weighted by Gasteiger charge is -2.00. The van der Waals surface area contributed by atoms with Crippen LogP contribution in [0.15, 0.2) is 48.0 Å². The summed E-state index contributed by atoms with van der Waals surface area (Å²) in [6.45, 7) is 2.17. The number of aryl methyl sites for hydroxylation is 1. The van der Waals surface area contributed by atoms with Gasteiger partial charge in [-0.1, -0.05) is 55.8 Å². The van der Waals surface area contributed by atoms with Gasteiger partial charge in [0.25, 0.3) is 0 Å². The summed E-state index contributed by atoms with van der Waals surface area (Å²) in [5.41, 5.74) is 5.17. The average molecular weight is 296 g/mol. The van der Waals surface area contributed by atoms with Crippen molar-refractivity contribution >= 4 is 12.2 Å². The molecule has 0 aliphatic heterocycles. The van der Waals surface area contributed by atoms with Crippen LogP contribution >= 0.6 is 0 Å². The average Bonchev–Trinajstić information content (AvgIpc) is 2.89. The zero-order valence-electron chi connectivity index (χ0n) is 12.6. The predicted molar refractivity (Wildman–Crippen MR) is 87.5 cm³/mol. The van der Waals surface area contributed by atoms with Gasteiger partial charge in [-0.05, 0) is 52.8 Å². The van der Waals surface area contributed by atoms with Crippen molar-refractivity contribution in [3.05, 3.63) is 81.9 Å². The molecule has 0 fully saturated rings. The lowest BCUT2D eigenvalue weighted by Crippen LogP contribution is -1.89. The van der Waals surface area contributed by atoms with Crippen LogP contribution in [-0.4, -0.2) is 0 Å². The largest absolute Gasteiger partial charge is 0.204 e. The highest BCUT2D eigenvalue weighted by Crippen LogP contribution is 2.28. The Bertz CT molecular complexity index is 737. The van der Waals surface area contributed by atoms with E-state index in [2.05, 4.69) is 31.2 Å². The zero-order valence-corrected chi connectivity index (χ0v) is 12.6. The molecule has 0 N–H and O–H groups in total. The number of allylic oxidation sites excluding steroid dienone is 2. The molecule has 0 heterocycles. The molecule has 1 aliphatic carbocycles. The molecule has 0 nitrogen and oxygen atoms in total. The summed E-state index contributed by atoms with van der Waals surface area (Å²) in [6.07, 6.45) is 8.87. The van der Waals surface area contributed by atoms with Gasteiger partial charge in [-0.2, -0.15) is 0 Å². The van der Waals surface area contributed by atoms with E-state index >= 15 is 0 Å². The Morgan fingerprint density at radius 3 is 2.45 bits per heavy atom. The molecule has 0 saturated carbocycles. The first-order valence-electron chi connectivity index (χ1n) is 7.61. The fourth-order valence-electron chi connectivity index (χ4n) is 2.76. The van der Waals surface area contributed by atoms with Crippen molar-refractivity contribution < 1.29 is 8.78 Å². The van der Waals surface area contributed by atoms with Crippen LogP contribution in [0.25, 0.3) is 12.2 Å². The van der Waals surface area contributed by atoms with Gasteiger partial charge in [0, 0.05) is 0 Å². The molecule has 0 radical (unpaired) electrons. The van der Waals surface area contributed by atoms with Gasteiger partial charge in [-0.3, -0.25) is 0 Å². The van der Waals surface area contributed by atoms with E-state index in [1.54, 1.807) is 0 Å². The van der Waals surface area contributed by atoms with E-state index in [-0.39, 0.29) is 0 Å². The number of hydrogen-bond acceptors (Lipinski definition) is 0. The topological polar surface area (TPSA) is 0 Å². The fourth-order valence-corrected chi connectivity index (χ4v) is 2.76. The molecule has 1 aliphatic rings. The number of benzene rings is 2. The van der Waals surface area contributed by atoms with Gasteiger partial charge >= 0.3 is 0 Å². The molecule has 112 valence electrons. The Balaban J connectivity index is 1.73. The quantitative estimate of drug-likeness (QED) is 0.692. The summed E-state index contributed by atoms with van der Waals surface area (Å²) in [5, 5.41) is 0. The molecule has 0 aromatic heterocycles. The lowest BCUT2D eigenvalue weighted by molar-refractivity contribution is 0.507. The van der Waals surface area contributed by atoms with Gasteiger partial charge in [-0.15, -0.1) is 0 Å². The van der Waals surface area contributed by atoms with E-state index in [0.29, 0.717) is 6.42 Å². The maximum atomic E-state index is 13.2. The van der Waals surface area contributed by atoms with Crippen LogP contribution in [0, 0.1) is 11.6 Å². The van der Waals surface area contributed by atoms with Crippen LogP contribution in [0.4, 0.5) is 8.78 Å². The first-order valence-corrected chi connectivity index (χ1v) is 7.61. The van der Waals surface area contributed by atoms with Crippen LogP contribution in [0.5, 0.6) is 0 Å². The Hall–Kier alpha value is -2.22. The zero-order chi connectivity index (χ0) is 15.5. The molecular weight excluding hydrogens is 278 g/mol. The lowest BCUT2D eigenvalue weighted by atomic mass is 10.1. The van der Waals surface area contributed by atoms with Gasteiger partial charge in [0.05, 0.1) is 0 Å². The normalized spacial score (nSPS) is 13.5. The third kappa shape index (κ3) is 3.16. The third-order valence-electron chi connectivity index (χ3n) is 3.93. The summed E-state index contributed by atoms with van der Waals surface area (Å²) < 4.78 is 26.5. The predicted octanol–water partition coefficient (Wildman–Crippen LogP) is 5.57. The van der Waals surface area contributed by atoms with Crippen molar-refractivity contribution in [3.8, 4) is 0 Å². The first kappa shape index (κ1) is 14.7. The third-order valence-corrected chi connectivity index (χ3v) is 3.93. The summed E-state index contributed by atoms with van der Waals surface area (Å²) in [5.74, 6) is -1.56. The van der Waals surface area contributed by atoms with E-state index in [1.807, 2.05) is 18.2 Å². The van der Waals surface area contributed by atoms with Crippen molar-refractivity contribution in [2.24, 2.45) is 0 Å². The van der Waals surface area contributed by atoms with Crippen molar-refractivity contribution in [2.45, 2.75) is 26.2 Å². The molecule has 0 amide bonds. The monoisotopic (exact) mass is 296 g/mol. The highest BCUT2D eigenvalue weighted by molar-refractivity contribution is 5.69. The Morgan fingerprint density at radius 1 is 1.00 bits per heavy atom. The number of rotatable bonds is 4. The standard InChI is InChI=1S/C20H18F2/c1-2-3-14-4-6-15(7-5-14)8-9-16-10-17-12-19(21)20(22)13-18(17)11-16/h4-10,12-13H,2-3,11H2,1H3. The second kappa shape index (κ2) is 6.27. The van der Waals surface area contributed by atoms with Gasteiger partial charge in [0.1, 0.15) is 0 Å². The second-order valence-electron chi connectivity index (χ2n) is 5.69. The molecule has 0 unspecified atom stereocenters. The van der Waals surface area contributed by atoms with Crippen LogP contribution in [0.2, 0.25) is 0 Å². The van der Waals surface area contributed by atoms with Crippen molar-refractivity contribution in [1.82, 2.24) is 0 Å². The second-order valence-corrected chi connectivity index (χ2v) is 5.69. The van der Waals surface area contributed by atoms with E-state index in [1.165, 1.54) is 17.7 Å². The van der Waals surface area contributed by atoms with E-state index in [9.17, 15) is 8.78 Å². The van der Waals surface area contributed by atoms with Crippen molar-refractivity contribution in [2.75, 3.05) is 0 Å². The number of fused-ring (bicyclic) bond motifs is 1. The maximum Gasteiger partial charge on any atom is 0.159 e. The van der Waals surface area contributed by atoms with Crippen LogP contribution in [0.3, 0.4) is 0 Å². The highest BCUT2D eigenvalue weighted by Gasteiger charge is 2.14. The van der Waals surface area contributed by atoms with Crippen LogP contribution < -0.4 is 0 Å². The Morgan fingerprint density at radius 2 is 1.73 bits per heavy atom. The number of halogens is 2. The van der Waals surface area contributed by atoms with E-state index in [0.717, 1.165) is 35.1 Å². The minimum atomic E-state index is -0.785. The molecule has 0 saturated heterocycles. The summed E-state index contributed by atoms with van der Waals surface area (Å²) in [4.78, 5) is 0. The molecule has 2 heteroatoms. The SMILES string of the molecule is CCCc1ccc(C=CC2=Cc3cc(F)c(F)cc3C2)cc1. The number of hydrogen-bond donors (Lipinski definition) is 0. The molecule has 3 rings (SSSR count). The van der Waals surface area contributed by atoms with Gasteiger partial charge in [0.15, 0.2) is 11.6 Å². The molecule has 0 atom stereocenters. The van der Waals surface area contributed by atoms with E-state index in [4.69, 9.17) is 0 Å². The Kier molecular flexibility index (Phi) is 4.19. The summed E-state index contributed by atoms with van der Waals surface area (Å²) >= 11 is 0. The van der Waals surface area contributed by atoms with Gasteiger partial charge in [-0.25, -0.2) is 8.78 Å². The van der Waals surface area contributed by atoms with Gasteiger partial charge in [0.2, 0.25) is 0 Å². The minimum absolute atomic E-state index is 0.650.